The second kappa shape index (κ2) is 12.8. The molecule has 0 atom stereocenters. The van der Waals surface area contributed by atoms with Crippen LogP contribution in [0.2, 0.25) is 0 Å². The maximum Gasteiger partial charge on any atom is 3.00 e. The monoisotopic (exact) mass is 468 g/mol. The van der Waals surface area contributed by atoms with Crippen LogP contribution in [0, 0.1) is 6.92 Å². The quantitative estimate of drug-likeness (QED) is 0.229. The Morgan fingerprint density at radius 3 is 1.13 bits per heavy atom. The molecule has 4 heteroatoms. The molecule has 30 heavy (non-hydrogen) atoms. The van der Waals surface area contributed by atoms with Crippen LogP contribution in [0.4, 0.5) is 5.69 Å². The minimum atomic E-state index is -2.02. The molecule has 1 aliphatic carbocycles. The Hall–Kier alpha value is -0.166. The molecule has 0 aliphatic heterocycles. The Morgan fingerprint density at radius 1 is 0.700 bits per heavy atom. The van der Waals surface area contributed by atoms with Crippen molar-refractivity contribution < 1.29 is 21.7 Å². The van der Waals surface area contributed by atoms with Crippen molar-refractivity contribution in [1.29, 1.82) is 0 Å². The molecule has 2 rings (SSSR count). The van der Waals surface area contributed by atoms with E-state index in [9.17, 15) is 5.16 Å². The summed E-state index contributed by atoms with van der Waals surface area (Å²) in [5.41, 5.74) is 2.28. The molecule has 0 bridgehead atoms. The zero-order chi connectivity index (χ0) is 23.1. The molecule has 2 nitrogen and oxygen atoms in total. The Labute approximate surface area is 204 Å². The van der Waals surface area contributed by atoms with Gasteiger partial charge in [-0.15, -0.1) is 0 Å². The van der Waals surface area contributed by atoms with Crippen LogP contribution in [0.5, 0.6) is 0 Å². The Balaban J connectivity index is 0. The van der Waals surface area contributed by atoms with Gasteiger partial charge < -0.3 is 10.1 Å². The van der Waals surface area contributed by atoms with Crippen molar-refractivity contribution in [1.82, 2.24) is 0 Å². The molecule has 171 valence electrons. The van der Waals surface area contributed by atoms with Crippen molar-refractivity contribution in [3.05, 3.63) is 41.9 Å². The predicted molar refractivity (Wildman–Crippen MR) is 138 cm³/mol. The van der Waals surface area contributed by atoms with Crippen molar-refractivity contribution in [3.8, 4) is 0 Å². The maximum atomic E-state index is 11.1. The number of benzene rings is 1. The van der Waals surface area contributed by atoms with E-state index in [0.29, 0.717) is 0 Å². The van der Waals surface area contributed by atoms with Gasteiger partial charge in [0.05, 0.1) is 0 Å². The summed E-state index contributed by atoms with van der Waals surface area (Å²) in [6.45, 7) is 23.3. The zero-order valence-corrected chi connectivity index (χ0v) is 24.3. The van der Waals surface area contributed by atoms with E-state index >= 15 is 0 Å². The van der Waals surface area contributed by atoms with Crippen molar-refractivity contribution in [3.63, 3.8) is 0 Å². The molecule has 0 saturated heterocycles. The molecule has 1 aliphatic rings. The van der Waals surface area contributed by atoms with E-state index in [0.717, 1.165) is 5.56 Å². The van der Waals surface area contributed by atoms with Crippen LogP contribution in [0.25, 0.3) is 5.16 Å². The van der Waals surface area contributed by atoms with Gasteiger partial charge in [-0.25, -0.2) is 7.05 Å². The maximum absolute atomic E-state index is 11.1. The molecular formula is C26H49N2PTi+. The van der Waals surface area contributed by atoms with Gasteiger partial charge in [0.25, 0.3) is 0 Å². The molecule has 0 N–H and O–H groups in total. The SMILES string of the molecule is C1CCCC1.CC(C)(C)P(=[N-])(C(C)(C)C)C(C)(C)C.[CH2-]c1ccc(N(C)C)cc1.[Ti+3]. The number of rotatable bonds is 1. The van der Waals surface area contributed by atoms with Gasteiger partial charge in [-0.1, -0.05) is 107 Å². The van der Waals surface area contributed by atoms with Crippen LogP contribution >= 0.6 is 7.05 Å². The van der Waals surface area contributed by atoms with E-state index in [1.54, 1.807) is 0 Å². The fourth-order valence-electron chi connectivity index (χ4n) is 4.70. The smallest absolute Gasteiger partial charge is 0.807 e. The number of hydrogen-bond acceptors (Lipinski definition) is 1. The van der Waals surface area contributed by atoms with Crippen LogP contribution in [0.1, 0.15) is 100.0 Å². The van der Waals surface area contributed by atoms with E-state index in [1.807, 2.05) is 26.2 Å². The molecule has 0 unspecified atom stereocenters. The van der Waals surface area contributed by atoms with Gasteiger partial charge in [0, 0.05) is 19.8 Å². The standard InChI is InChI=1S/C12H27NP.C9H12N.C5H10.Ti/c1-10(2,3)14(13,11(4,5)6)12(7,8)9;1-8-4-6-9(7-5-8)10(2)3;1-2-4-5-3-1;/h1-9H3;4-7H,1H2,2-3H3;1-5H2;/q2*-1;;+3. The minimum Gasteiger partial charge on any atom is -0.807 e. The second-order valence-electron chi connectivity index (χ2n) is 11.5. The van der Waals surface area contributed by atoms with Gasteiger partial charge in [-0.3, -0.25) is 0 Å². The molecule has 0 spiro atoms. The first-order valence-electron chi connectivity index (χ1n) is 11.2. The van der Waals surface area contributed by atoms with Gasteiger partial charge in [0.1, 0.15) is 0 Å². The molecule has 0 heterocycles. The molecule has 1 aromatic rings. The van der Waals surface area contributed by atoms with Crippen LogP contribution < -0.4 is 4.90 Å². The molecule has 1 saturated carbocycles. The molecule has 1 fully saturated rings. The minimum absolute atomic E-state index is 0. The molecular weight excluding hydrogens is 419 g/mol. The summed E-state index contributed by atoms with van der Waals surface area (Å²) >= 11 is 0. The van der Waals surface area contributed by atoms with Crippen LogP contribution in [-0.4, -0.2) is 29.6 Å². The Bertz CT molecular complexity index is 575. The third-order valence-corrected chi connectivity index (χ3v) is 11.4. The fourth-order valence-corrected chi connectivity index (χ4v) is 10.7. The second-order valence-corrected chi connectivity index (χ2v) is 16.8. The van der Waals surface area contributed by atoms with Crippen molar-refractivity contribution in [2.45, 2.75) is 110 Å². The van der Waals surface area contributed by atoms with Gasteiger partial charge in [0.15, 0.2) is 0 Å². The molecule has 1 radical (unpaired) electrons. The summed E-state index contributed by atoms with van der Waals surface area (Å²) < 4.78 is 0. The normalized spacial score (nSPS) is 14.5. The number of anilines is 1. The molecule has 1 aromatic carbocycles. The predicted octanol–water partition coefficient (Wildman–Crippen LogP) is 9.04. The van der Waals surface area contributed by atoms with Crippen molar-refractivity contribution in [2.24, 2.45) is 0 Å². The van der Waals surface area contributed by atoms with E-state index in [1.165, 1.54) is 37.8 Å². The Kier molecular flexibility index (Phi) is 13.6. The van der Waals surface area contributed by atoms with Gasteiger partial charge in [-0.05, 0) is 15.5 Å². The van der Waals surface area contributed by atoms with E-state index in [-0.39, 0.29) is 37.2 Å². The summed E-state index contributed by atoms with van der Waals surface area (Å²) in [7, 11) is 2.03. The summed E-state index contributed by atoms with van der Waals surface area (Å²) in [4.78, 5) is 2.07. The van der Waals surface area contributed by atoms with Gasteiger partial charge >= 0.3 is 21.7 Å². The number of hydrogen-bond donors (Lipinski definition) is 0. The Morgan fingerprint density at radius 2 is 0.967 bits per heavy atom. The third-order valence-electron chi connectivity index (χ3n) is 5.62. The van der Waals surface area contributed by atoms with Crippen molar-refractivity contribution >= 4 is 12.7 Å². The zero-order valence-electron chi connectivity index (χ0n) is 21.9. The van der Waals surface area contributed by atoms with E-state index in [2.05, 4.69) is 86.3 Å². The summed E-state index contributed by atoms with van der Waals surface area (Å²) in [6, 6.07) is 8.13. The van der Waals surface area contributed by atoms with Crippen molar-refractivity contribution in [2.75, 3.05) is 19.0 Å². The van der Waals surface area contributed by atoms with Gasteiger partial charge in [0.2, 0.25) is 0 Å². The number of nitrogens with zero attached hydrogens (tertiary/aromatic N) is 2. The first kappa shape index (κ1) is 32.0. The summed E-state index contributed by atoms with van der Waals surface area (Å²) in [6.07, 6.45) is 7.50. The van der Waals surface area contributed by atoms with E-state index in [4.69, 9.17) is 0 Å². The fraction of sp³-hybridized carbons (Fsp3) is 0.731. The average molecular weight is 469 g/mol. The van der Waals surface area contributed by atoms with E-state index < -0.39 is 7.05 Å². The average Bonchev–Trinajstić information content (AvgIpc) is 3.11. The first-order valence-corrected chi connectivity index (χ1v) is 12.9. The largest absolute Gasteiger partial charge is 3.00 e. The molecule has 0 aromatic heterocycles. The van der Waals surface area contributed by atoms with Gasteiger partial charge in [-0.2, -0.15) is 24.6 Å². The first-order chi connectivity index (χ1) is 12.9. The van der Waals surface area contributed by atoms with Crippen LogP contribution in [-0.2, 0) is 21.7 Å². The topological polar surface area (TPSA) is 25.5 Å². The van der Waals surface area contributed by atoms with Crippen LogP contribution in [0.3, 0.4) is 0 Å². The van der Waals surface area contributed by atoms with Crippen LogP contribution in [0.15, 0.2) is 24.3 Å². The molecule has 0 amide bonds. The third kappa shape index (κ3) is 9.54. The summed E-state index contributed by atoms with van der Waals surface area (Å²) in [5, 5.41) is 11.1. The summed E-state index contributed by atoms with van der Waals surface area (Å²) in [5.74, 6) is 0.